The number of rotatable bonds is 0. The van der Waals surface area contributed by atoms with E-state index in [1.807, 2.05) is 0 Å². The Morgan fingerprint density at radius 3 is 3.08 bits per heavy atom. The van der Waals surface area contributed by atoms with Crippen LogP contribution >= 0.6 is 0 Å². The van der Waals surface area contributed by atoms with Gasteiger partial charge in [-0.25, -0.2) is 8.78 Å². The molecule has 1 nitrogen and oxygen atoms in total. The summed E-state index contributed by atoms with van der Waals surface area (Å²) in [4.78, 5) is 0. The highest BCUT2D eigenvalue weighted by Crippen LogP contribution is 2.34. The van der Waals surface area contributed by atoms with Crippen LogP contribution < -0.4 is 4.74 Å². The third-order valence-electron chi connectivity index (χ3n) is 1.94. The van der Waals surface area contributed by atoms with Gasteiger partial charge in [-0.3, -0.25) is 0 Å². The van der Waals surface area contributed by atoms with Crippen molar-refractivity contribution in [3.8, 4) is 5.75 Å². The van der Waals surface area contributed by atoms with Crippen molar-refractivity contribution < 1.29 is 13.5 Å². The minimum Gasteiger partial charge on any atom is -0.493 e. The fourth-order valence-corrected chi connectivity index (χ4v) is 1.32. The molecule has 0 bridgehead atoms. The second-order valence-electron chi connectivity index (χ2n) is 2.79. The van der Waals surface area contributed by atoms with E-state index in [0.29, 0.717) is 24.3 Å². The second-order valence-corrected chi connectivity index (χ2v) is 2.79. The summed E-state index contributed by atoms with van der Waals surface area (Å²) in [6.07, 6.45) is -0.645. The first-order valence-electron chi connectivity index (χ1n) is 3.83. The zero-order valence-electron chi connectivity index (χ0n) is 6.39. The molecule has 1 aromatic rings. The summed E-state index contributed by atoms with van der Waals surface area (Å²) in [5, 5.41) is 0. The number of ether oxygens (including phenoxy) is 1. The molecule has 1 unspecified atom stereocenters. The maximum absolute atomic E-state index is 13.1. The highest BCUT2D eigenvalue weighted by Gasteiger charge is 2.20. The zero-order valence-corrected chi connectivity index (χ0v) is 6.39. The van der Waals surface area contributed by atoms with Gasteiger partial charge in [0.15, 0.2) is 0 Å². The predicted octanol–water partition coefficient (Wildman–Crippen LogP) is 2.62. The van der Waals surface area contributed by atoms with E-state index in [2.05, 4.69) is 0 Å². The van der Waals surface area contributed by atoms with Crippen LogP contribution in [-0.4, -0.2) is 6.61 Å². The standard InChI is InChI=1S/C9H8F2O/c10-6-1-2-7-8(11)3-4-12-9(7)5-6/h1-2,5,8H,3-4H2. The van der Waals surface area contributed by atoms with Gasteiger partial charge < -0.3 is 4.74 Å². The SMILES string of the molecule is Fc1ccc2c(c1)OCCC2F. The van der Waals surface area contributed by atoms with Crippen LogP contribution in [-0.2, 0) is 0 Å². The van der Waals surface area contributed by atoms with Crippen molar-refractivity contribution in [1.29, 1.82) is 0 Å². The van der Waals surface area contributed by atoms with Gasteiger partial charge in [0.2, 0.25) is 0 Å². The molecule has 1 atom stereocenters. The molecule has 1 aliphatic rings. The minimum absolute atomic E-state index is 0.331. The highest BCUT2D eigenvalue weighted by atomic mass is 19.1. The van der Waals surface area contributed by atoms with Crippen LogP contribution in [0.5, 0.6) is 5.75 Å². The lowest BCUT2D eigenvalue weighted by Crippen LogP contribution is -2.11. The average molecular weight is 170 g/mol. The molecule has 1 heterocycles. The number of hydrogen-bond acceptors (Lipinski definition) is 1. The fourth-order valence-electron chi connectivity index (χ4n) is 1.32. The van der Waals surface area contributed by atoms with Crippen molar-refractivity contribution in [2.24, 2.45) is 0 Å². The molecular formula is C9H8F2O. The van der Waals surface area contributed by atoms with Crippen LogP contribution in [0.4, 0.5) is 8.78 Å². The molecule has 1 aliphatic heterocycles. The van der Waals surface area contributed by atoms with Crippen molar-refractivity contribution in [3.05, 3.63) is 29.6 Å². The van der Waals surface area contributed by atoms with E-state index in [9.17, 15) is 8.78 Å². The van der Waals surface area contributed by atoms with Crippen LogP contribution in [0.25, 0.3) is 0 Å². The van der Waals surface area contributed by atoms with Crippen molar-refractivity contribution in [1.82, 2.24) is 0 Å². The molecule has 0 aromatic heterocycles. The zero-order chi connectivity index (χ0) is 8.55. The lowest BCUT2D eigenvalue weighted by molar-refractivity contribution is 0.199. The van der Waals surface area contributed by atoms with Gasteiger partial charge in [-0.05, 0) is 12.1 Å². The summed E-state index contributed by atoms with van der Waals surface area (Å²) in [5.74, 6) is -0.0448. The van der Waals surface area contributed by atoms with Crippen molar-refractivity contribution in [2.45, 2.75) is 12.6 Å². The summed E-state index contributed by atoms with van der Waals surface area (Å²) in [6.45, 7) is 0.331. The van der Waals surface area contributed by atoms with Crippen LogP contribution in [0.2, 0.25) is 0 Å². The Morgan fingerprint density at radius 1 is 1.42 bits per heavy atom. The van der Waals surface area contributed by atoms with E-state index < -0.39 is 6.17 Å². The van der Waals surface area contributed by atoms with E-state index in [0.717, 1.165) is 0 Å². The average Bonchev–Trinajstić information content (AvgIpc) is 2.04. The van der Waals surface area contributed by atoms with E-state index in [1.165, 1.54) is 18.2 Å². The first-order valence-corrected chi connectivity index (χ1v) is 3.83. The van der Waals surface area contributed by atoms with Gasteiger partial charge in [-0.2, -0.15) is 0 Å². The van der Waals surface area contributed by atoms with Crippen LogP contribution in [0.1, 0.15) is 18.2 Å². The van der Waals surface area contributed by atoms with Gasteiger partial charge in [0.05, 0.1) is 6.61 Å². The quantitative estimate of drug-likeness (QED) is 0.581. The van der Waals surface area contributed by atoms with E-state index in [1.54, 1.807) is 0 Å². The molecular weight excluding hydrogens is 162 g/mol. The number of alkyl halides is 1. The summed E-state index contributed by atoms with van der Waals surface area (Å²) in [6, 6.07) is 3.91. The molecule has 0 fully saturated rings. The lowest BCUT2D eigenvalue weighted by atomic mass is 10.0. The highest BCUT2D eigenvalue weighted by molar-refractivity contribution is 5.37. The summed E-state index contributed by atoms with van der Waals surface area (Å²) >= 11 is 0. The maximum atomic E-state index is 13.1. The van der Waals surface area contributed by atoms with Gasteiger partial charge in [-0.1, -0.05) is 0 Å². The molecule has 0 radical (unpaired) electrons. The summed E-state index contributed by atoms with van der Waals surface area (Å²) in [7, 11) is 0. The van der Waals surface area contributed by atoms with Crippen molar-refractivity contribution in [2.75, 3.05) is 6.61 Å². The van der Waals surface area contributed by atoms with Gasteiger partial charge in [0, 0.05) is 18.1 Å². The first kappa shape index (κ1) is 7.53. The maximum Gasteiger partial charge on any atom is 0.132 e. The smallest absolute Gasteiger partial charge is 0.132 e. The molecule has 0 amide bonds. The topological polar surface area (TPSA) is 9.23 Å². The number of halogens is 2. The van der Waals surface area contributed by atoms with Crippen LogP contribution in [0, 0.1) is 5.82 Å². The molecule has 1 aromatic carbocycles. The van der Waals surface area contributed by atoms with Crippen LogP contribution in [0.15, 0.2) is 18.2 Å². The van der Waals surface area contributed by atoms with Crippen LogP contribution in [0.3, 0.4) is 0 Å². The third kappa shape index (κ3) is 1.15. The summed E-state index contributed by atoms with van der Waals surface area (Å²) in [5.41, 5.74) is 0.461. The molecule has 3 heteroatoms. The largest absolute Gasteiger partial charge is 0.493 e. The number of hydrogen-bond donors (Lipinski definition) is 0. The monoisotopic (exact) mass is 170 g/mol. The Morgan fingerprint density at radius 2 is 2.25 bits per heavy atom. The normalized spacial score (nSPS) is 21.3. The Bertz CT molecular complexity index is 299. The van der Waals surface area contributed by atoms with E-state index >= 15 is 0 Å². The van der Waals surface area contributed by atoms with Gasteiger partial charge in [0.25, 0.3) is 0 Å². The molecule has 12 heavy (non-hydrogen) atoms. The van der Waals surface area contributed by atoms with Gasteiger partial charge in [0.1, 0.15) is 17.7 Å². The van der Waals surface area contributed by atoms with Gasteiger partial charge in [-0.15, -0.1) is 0 Å². The molecule has 0 saturated carbocycles. The summed E-state index contributed by atoms with van der Waals surface area (Å²) < 4.78 is 30.8. The predicted molar refractivity (Wildman–Crippen MR) is 40.4 cm³/mol. The molecule has 2 rings (SSSR count). The van der Waals surface area contributed by atoms with E-state index in [4.69, 9.17) is 4.74 Å². The van der Waals surface area contributed by atoms with Gasteiger partial charge >= 0.3 is 0 Å². The lowest BCUT2D eigenvalue weighted by Gasteiger charge is -2.19. The minimum atomic E-state index is -1.01. The molecule has 0 N–H and O–H groups in total. The first-order chi connectivity index (χ1) is 5.77. The Kier molecular flexibility index (Phi) is 1.71. The molecule has 0 saturated heterocycles. The Balaban J connectivity index is 2.46. The molecule has 64 valence electrons. The van der Waals surface area contributed by atoms with Crippen molar-refractivity contribution in [3.63, 3.8) is 0 Å². The Labute approximate surface area is 69.0 Å². The molecule has 0 aliphatic carbocycles. The number of fused-ring (bicyclic) bond motifs is 1. The second kappa shape index (κ2) is 2.73. The van der Waals surface area contributed by atoms with Crippen molar-refractivity contribution >= 4 is 0 Å². The van der Waals surface area contributed by atoms with E-state index in [-0.39, 0.29) is 5.82 Å². The Hall–Kier alpha value is -1.12. The molecule has 0 spiro atoms. The number of benzene rings is 1. The third-order valence-corrected chi connectivity index (χ3v) is 1.94. The fraction of sp³-hybridized carbons (Fsp3) is 0.333.